The normalized spacial score (nSPS) is 11.9. The smallest absolute Gasteiger partial charge is 0.137 e. The highest BCUT2D eigenvalue weighted by Crippen LogP contribution is 2.23. The molecule has 0 radical (unpaired) electrons. The van der Waals surface area contributed by atoms with Gasteiger partial charge in [-0.05, 0) is 52.5 Å². The maximum absolute atomic E-state index is 13.3. The molecule has 0 aliphatic rings. The van der Waals surface area contributed by atoms with Crippen LogP contribution < -0.4 is 5.73 Å². The fourth-order valence-electron chi connectivity index (χ4n) is 1.55. The van der Waals surface area contributed by atoms with E-state index in [1.54, 1.807) is 13.2 Å². The molecular weight excluding hydrogens is 285 g/mol. The second-order valence-electron chi connectivity index (χ2n) is 3.77. The van der Waals surface area contributed by atoms with E-state index < -0.39 is 0 Å². The molecule has 0 saturated carbocycles. The Kier molecular flexibility index (Phi) is 6.40. The minimum absolute atomic E-state index is 0.255. The third-order valence-corrected chi connectivity index (χ3v) is 3.21. The third kappa shape index (κ3) is 4.58. The lowest BCUT2D eigenvalue weighted by Crippen LogP contribution is -2.02. The topological polar surface area (TPSA) is 35.2 Å². The molecule has 1 aromatic carbocycles. The molecule has 0 spiro atoms. The van der Waals surface area contributed by atoms with Gasteiger partial charge < -0.3 is 10.5 Å². The number of rotatable bonds is 6. The van der Waals surface area contributed by atoms with Gasteiger partial charge in [0.05, 0.1) is 11.1 Å². The Labute approximate surface area is 110 Å². The van der Waals surface area contributed by atoms with Gasteiger partial charge in [-0.15, -0.1) is 0 Å². The molecule has 0 amide bonds. The Morgan fingerprint density at radius 2 is 2.29 bits per heavy atom. The molecule has 0 aromatic heterocycles. The Bertz CT molecular complexity index is 393. The van der Waals surface area contributed by atoms with Crippen molar-refractivity contribution < 1.29 is 9.13 Å². The van der Waals surface area contributed by atoms with E-state index in [9.17, 15) is 4.39 Å². The molecule has 0 aliphatic carbocycles. The Morgan fingerprint density at radius 1 is 1.53 bits per heavy atom. The fourth-order valence-corrected chi connectivity index (χ4v) is 1.93. The van der Waals surface area contributed by atoms with Crippen molar-refractivity contribution in [3.8, 4) is 0 Å². The average molecular weight is 302 g/mol. The number of nitrogens with two attached hydrogens (primary N) is 1. The quantitative estimate of drug-likeness (QED) is 0.874. The molecule has 2 nitrogen and oxygen atoms in total. The van der Waals surface area contributed by atoms with Gasteiger partial charge in [-0.3, -0.25) is 0 Å². The van der Waals surface area contributed by atoms with Crippen LogP contribution in [0.15, 0.2) is 28.2 Å². The van der Waals surface area contributed by atoms with E-state index in [0.717, 1.165) is 24.0 Å². The third-order valence-electron chi connectivity index (χ3n) is 2.37. The summed E-state index contributed by atoms with van der Waals surface area (Å²) >= 11 is 3.24. The lowest BCUT2D eigenvalue weighted by Gasteiger charge is -2.07. The standard InChI is InChI=1S/C13H17BrFNO/c1-17-9-10(4-3-7-16)8-11-5-2-6-12(15)13(11)14/h2,5-6,8H,3-4,7,9,16H2,1H3/b10-8+. The second-order valence-corrected chi connectivity index (χ2v) is 4.56. The maximum atomic E-state index is 13.3. The van der Waals surface area contributed by atoms with Crippen molar-refractivity contribution in [2.45, 2.75) is 12.8 Å². The summed E-state index contributed by atoms with van der Waals surface area (Å²) in [6, 6.07) is 4.99. The summed E-state index contributed by atoms with van der Waals surface area (Å²) in [6.45, 7) is 1.19. The molecule has 2 N–H and O–H groups in total. The first-order valence-corrected chi connectivity index (χ1v) is 6.30. The zero-order valence-corrected chi connectivity index (χ0v) is 11.5. The Morgan fingerprint density at radius 3 is 2.94 bits per heavy atom. The molecule has 17 heavy (non-hydrogen) atoms. The van der Waals surface area contributed by atoms with Crippen LogP contribution in [0.2, 0.25) is 0 Å². The summed E-state index contributed by atoms with van der Waals surface area (Å²) in [5.41, 5.74) is 7.43. The van der Waals surface area contributed by atoms with Crippen LogP contribution in [0.25, 0.3) is 6.08 Å². The Hall–Kier alpha value is -0.710. The SMILES string of the molecule is COC/C(=C/c1cccc(F)c1Br)CCCN. The van der Waals surface area contributed by atoms with Crippen molar-refractivity contribution in [1.82, 2.24) is 0 Å². The van der Waals surface area contributed by atoms with E-state index in [1.165, 1.54) is 6.07 Å². The molecule has 1 rings (SSSR count). The van der Waals surface area contributed by atoms with Crippen LogP contribution in [-0.2, 0) is 4.74 Å². The molecular formula is C13H17BrFNO. The van der Waals surface area contributed by atoms with E-state index >= 15 is 0 Å². The molecule has 0 saturated heterocycles. The van der Waals surface area contributed by atoms with Crippen molar-refractivity contribution in [2.24, 2.45) is 5.73 Å². The number of methoxy groups -OCH3 is 1. The molecule has 94 valence electrons. The molecule has 0 fully saturated rings. The number of benzene rings is 1. The fraction of sp³-hybridized carbons (Fsp3) is 0.385. The molecule has 0 atom stereocenters. The zero-order chi connectivity index (χ0) is 12.7. The largest absolute Gasteiger partial charge is 0.380 e. The van der Waals surface area contributed by atoms with Gasteiger partial charge in [-0.25, -0.2) is 4.39 Å². The highest BCUT2D eigenvalue weighted by atomic mass is 79.9. The predicted octanol–water partition coefficient (Wildman–Crippen LogP) is 3.36. The number of ether oxygens (including phenoxy) is 1. The van der Waals surface area contributed by atoms with Crippen LogP contribution in [0.5, 0.6) is 0 Å². The van der Waals surface area contributed by atoms with Gasteiger partial charge in [0.15, 0.2) is 0 Å². The van der Waals surface area contributed by atoms with Crippen LogP contribution in [0, 0.1) is 5.82 Å². The van der Waals surface area contributed by atoms with Gasteiger partial charge in [0.25, 0.3) is 0 Å². The first kappa shape index (κ1) is 14.4. The van der Waals surface area contributed by atoms with E-state index in [4.69, 9.17) is 10.5 Å². The summed E-state index contributed by atoms with van der Waals surface area (Å²) in [5, 5.41) is 0. The number of halogens is 2. The second kappa shape index (κ2) is 7.58. The van der Waals surface area contributed by atoms with Gasteiger partial charge >= 0.3 is 0 Å². The minimum Gasteiger partial charge on any atom is -0.380 e. The van der Waals surface area contributed by atoms with Crippen LogP contribution >= 0.6 is 15.9 Å². The lowest BCUT2D eigenvalue weighted by molar-refractivity contribution is 0.223. The average Bonchev–Trinajstić information content (AvgIpc) is 2.32. The molecule has 4 heteroatoms. The molecule has 0 aliphatic heterocycles. The van der Waals surface area contributed by atoms with Gasteiger partial charge in [0.2, 0.25) is 0 Å². The van der Waals surface area contributed by atoms with Crippen LogP contribution in [0.3, 0.4) is 0 Å². The highest BCUT2D eigenvalue weighted by molar-refractivity contribution is 9.10. The number of hydrogen-bond donors (Lipinski definition) is 1. The maximum Gasteiger partial charge on any atom is 0.137 e. The van der Waals surface area contributed by atoms with E-state index in [-0.39, 0.29) is 5.82 Å². The molecule has 0 unspecified atom stereocenters. The van der Waals surface area contributed by atoms with Crippen molar-refractivity contribution in [1.29, 1.82) is 0 Å². The first-order chi connectivity index (χ1) is 8.19. The van der Waals surface area contributed by atoms with E-state index in [0.29, 0.717) is 17.6 Å². The van der Waals surface area contributed by atoms with Crippen LogP contribution in [0.4, 0.5) is 4.39 Å². The highest BCUT2D eigenvalue weighted by Gasteiger charge is 2.04. The van der Waals surface area contributed by atoms with Crippen LogP contribution in [0.1, 0.15) is 18.4 Å². The van der Waals surface area contributed by atoms with Gasteiger partial charge in [0.1, 0.15) is 5.82 Å². The molecule has 1 aromatic rings. The molecule has 0 heterocycles. The lowest BCUT2D eigenvalue weighted by atomic mass is 10.1. The summed E-state index contributed by atoms with van der Waals surface area (Å²) in [6.07, 6.45) is 3.72. The zero-order valence-electron chi connectivity index (χ0n) is 9.88. The van der Waals surface area contributed by atoms with E-state index in [2.05, 4.69) is 15.9 Å². The number of hydrogen-bond acceptors (Lipinski definition) is 2. The van der Waals surface area contributed by atoms with Crippen LogP contribution in [-0.4, -0.2) is 20.3 Å². The summed E-state index contributed by atoms with van der Waals surface area (Å²) in [5.74, 6) is -0.255. The monoisotopic (exact) mass is 301 g/mol. The van der Waals surface area contributed by atoms with Gasteiger partial charge in [-0.1, -0.05) is 18.2 Å². The summed E-state index contributed by atoms with van der Waals surface area (Å²) < 4.78 is 19.0. The predicted molar refractivity (Wildman–Crippen MR) is 72.2 cm³/mol. The van der Waals surface area contributed by atoms with Crippen molar-refractivity contribution in [3.05, 3.63) is 39.6 Å². The van der Waals surface area contributed by atoms with E-state index in [1.807, 2.05) is 12.1 Å². The van der Waals surface area contributed by atoms with Gasteiger partial charge in [0, 0.05) is 7.11 Å². The van der Waals surface area contributed by atoms with Crippen molar-refractivity contribution in [2.75, 3.05) is 20.3 Å². The van der Waals surface area contributed by atoms with Crippen molar-refractivity contribution in [3.63, 3.8) is 0 Å². The first-order valence-electron chi connectivity index (χ1n) is 5.51. The van der Waals surface area contributed by atoms with Crippen molar-refractivity contribution >= 4 is 22.0 Å². The van der Waals surface area contributed by atoms with Gasteiger partial charge in [-0.2, -0.15) is 0 Å². The summed E-state index contributed by atoms with van der Waals surface area (Å²) in [4.78, 5) is 0. The minimum atomic E-state index is -0.255. The Balaban J connectivity index is 2.91. The molecule has 0 bridgehead atoms. The summed E-state index contributed by atoms with van der Waals surface area (Å²) in [7, 11) is 1.65.